The molecule has 0 aliphatic carbocycles. The van der Waals surface area contributed by atoms with Crippen LogP contribution in [-0.2, 0) is 0 Å². The highest BCUT2D eigenvalue weighted by atomic mass is 35.5. The second kappa shape index (κ2) is 6.26. The van der Waals surface area contributed by atoms with Crippen LogP contribution in [0.3, 0.4) is 0 Å². The van der Waals surface area contributed by atoms with Crippen LogP contribution in [-0.4, -0.2) is 15.9 Å². The number of rotatable bonds is 3. The predicted molar refractivity (Wildman–Crippen MR) is 93.6 cm³/mol. The van der Waals surface area contributed by atoms with E-state index in [1.54, 1.807) is 18.4 Å². The molecular formula is C17H12Cl2N4O. The molecule has 0 N–H and O–H groups in total. The third kappa shape index (κ3) is 2.88. The average Bonchev–Trinajstić information content (AvgIpc) is 3.25. The molecule has 2 aromatic heterocycles. The van der Waals surface area contributed by atoms with Crippen molar-refractivity contribution in [3.05, 3.63) is 76.3 Å². The molecule has 1 atom stereocenters. The first-order valence-corrected chi connectivity index (χ1v) is 8.11. The van der Waals surface area contributed by atoms with Gasteiger partial charge in [-0.05, 0) is 42.0 Å². The maximum atomic E-state index is 5.97. The number of hydrogen-bond acceptors (Lipinski definition) is 5. The topological polar surface area (TPSA) is 54.5 Å². The van der Waals surface area contributed by atoms with E-state index in [0.29, 0.717) is 22.4 Å². The molecule has 0 saturated heterocycles. The molecule has 0 amide bonds. The zero-order valence-electron chi connectivity index (χ0n) is 12.4. The van der Waals surface area contributed by atoms with E-state index in [1.807, 2.05) is 41.4 Å². The van der Waals surface area contributed by atoms with E-state index in [4.69, 9.17) is 32.7 Å². The van der Waals surface area contributed by atoms with Crippen LogP contribution in [0.4, 0.5) is 5.82 Å². The zero-order valence-corrected chi connectivity index (χ0v) is 13.9. The maximum Gasteiger partial charge on any atom is 0.172 e. The van der Waals surface area contributed by atoms with E-state index >= 15 is 0 Å². The van der Waals surface area contributed by atoms with Gasteiger partial charge in [-0.15, -0.1) is 10.2 Å². The second-order valence-corrected chi connectivity index (χ2v) is 6.17. The molecule has 3 heterocycles. The molecule has 4 rings (SSSR count). The van der Waals surface area contributed by atoms with Crippen molar-refractivity contribution >= 4 is 34.7 Å². The van der Waals surface area contributed by atoms with E-state index in [9.17, 15) is 0 Å². The van der Waals surface area contributed by atoms with Crippen LogP contribution in [0.25, 0.3) is 0 Å². The lowest BCUT2D eigenvalue weighted by atomic mass is 10.0. The number of nitrogens with zero attached hydrogens (tertiary/aromatic N) is 4. The normalized spacial score (nSPS) is 17.2. The smallest absolute Gasteiger partial charge is 0.172 e. The number of hydrazone groups is 1. The van der Waals surface area contributed by atoms with Crippen LogP contribution >= 0.6 is 23.2 Å². The van der Waals surface area contributed by atoms with Gasteiger partial charge in [0.25, 0.3) is 0 Å². The summed E-state index contributed by atoms with van der Waals surface area (Å²) in [7, 11) is 0. The van der Waals surface area contributed by atoms with Gasteiger partial charge in [-0.2, -0.15) is 5.10 Å². The molecule has 0 radical (unpaired) electrons. The van der Waals surface area contributed by atoms with Gasteiger partial charge in [-0.25, -0.2) is 5.01 Å². The van der Waals surface area contributed by atoms with Crippen LogP contribution in [0, 0.1) is 0 Å². The molecule has 120 valence electrons. The van der Waals surface area contributed by atoms with Crippen LogP contribution in [0.2, 0.25) is 10.2 Å². The molecule has 1 unspecified atom stereocenters. The van der Waals surface area contributed by atoms with Gasteiger partial charge < -0.3 is 4.42 Å². The standard InChI is InChI=1S/C17H12Cl2N4O/c18-12-5-3-11(4-6-12)13-10-14(15-2-1-9-24-15)23(22-13)17-8-7-16(19)20-21-17/h1-9,14H,10H2. The molecule has 0 spiro atoms. The number of anilines is 1. The van der Waals surface area contributed by atoms with Crippen LogP contribution < -0.4 is 5.01 Å². The van der Waals surface area contributed by atoms with Crippen LogP contribution in [0.5, 0.6) is 0 Å². The first kappa shape index (κ1) is 15.2. The summed E-state index contributed by atoms with van der Waals surface area (Å²) in [5.74, 6) is 1.43. The Morgan fingerprint density at radius 3 is 2.50 bits per heavy atom. The highest BCUT2D eigenvalue weighted by Gasteiger charge is 2.32. The minimum atomic E-state index is -0.0823. The first-order chi connectivity index (χ1) is 11.7. The van der Waals surface area contributed by atoms with Gasteiger partial charge >= 0.3 is 0 Å². The summed E-state index contributed by atoms with van der Waals surface area (Å²) >= 11 is 11.8. The van der Waals surface area contributed by atoms with E-state index in [-0.39, 0.29) is 6.04 Å². The summed E-state index contributed by atoms with van der Waals surface area (Å²) in [5.41, 5.74) is 1.95. The molecule has 24 heavy (non-hydrogen) atoms. The fourth-order valence-corrected chi connectivity index (χ4v) is 2.90. The SMILES string of the molecule is Clc1ccc(C2=NN(c3ccc(Cl)nn3)C(c3ccco3)C2)cc1. The highest BCUT2D eigenvalue weighted by Crippen LogP contribution is 2.36. The van der Waals surface area contributed by atoms with Crippen molar-refractivity contribution in [3.8, 4) is 0 Å². The third-order valence-electron chi connectivity index (χ3n) is 3.81. The summed E-state index contributed by atoms with van der Waals surface area (Å²) in [5, 5.41) is 15.6. The Bertz CT molecular complexity index is 861. The Morgan fingerprint density at radius 2 is 1.83 bits per heavy atom. The molecule has 0 saturated carbocycles. The fourth-order valence-electron chi connectivity index (χ4n) is 2.67. The van der Waals surface area contributed by atoms with E-state index in [2.05, 4.69) is 10.2 Å². The Balaban J connectivity index is 1.73. The maximum absolute atomic E-state index is 5.97. The summed E-state index contributed by atoms with van der Waals surface area (Å²) in [6, 6.07) is 14.8. The van der Waals surface area contributed by atoms with E-state index in [0.717, 1.165) is 17.0 Å². The number of furan rings is 1. The van der Waals surface area contributed by atoms with Gasteiger partial charge in [0.2, 0.25) is 0 Å². The first-order valence-electron chi connectivity index (χ1n) is 7.36. The van der Waals surface area contributed by atoms with Crippen LogP contribution in [0.15, 0.2) is 64.3 Å². The van der Waals surface area contributed by atoms with Crippen molar-refractivity contribution in [1.29, 1.82) is 0 Å². The molecule has 0 bridgehead atoms. The second-order valence-electron chi connectivity index (χ2n) is 5.35. The van der Waals surface area contributed by atoms with Gasteiger partial charge in [-0.1, -0.05) is 35.3 Å². The Hall–Kier alpha value is -2.37. The van der Waals surface area contributed by atoms with Gasteiger partial charge in [0.05, 0.1) is 12.0 Å². The molecule has 5 nitrogen and oxygen atoms in total. The monoisotopic (exact) mass is 358 g/mol. The van der Waals surface area contributed by atoms with Gasteiger partial charge in [-0.3, -0.25) is 0 Å². The van der Waals surface area contributed by atoms with Gasteiger partial charge in [0, 0.05) is 11.4 Å². The Morgan fingerprint density at radius 1 is 1.00 bits per heavy atom. The van der Waals surface area contributed by atoms with Crippen molar-refractivity contribution < 1.29 is 4.42 Å². The lowest BCUT2D eigenvalue weighted by Gasteiger charge is -2.19. The van der Waals surface area contributed by atoms with Crippen molar-refractivity contribution in [3.63, 3.8) is 0 Å². The molecule has 1 aromatic carbocycles. The summed E-state index contributed by atoms with van der Waals surface area (Å²) in [4.78, 5) is 0. The predicted octanol–water partition coefficient (Wildman–Crippen LogP) is 4.73. The quantitative estimate of drug-likeness (QED) is 0.678. The third-order valence-corrected chi connectivity index (χ3v) is 4.27. The van der Waals surface area contributed by atoms with E-state index < -0.39 is 0 Å². The van der Waals surface area contributed by atoms with Crippen molar-refractivity contribution in [2.75, 3.05) is 5.01 Å². The molecular weight excluding hydrogens is 347 g/mol. The number of aromatic nitrogens is 2. The number of halogens is 2. The Labute approximate surface area is 148 Å². The van der Waals surface area contributed by atoms with Crippen LogP contribution in [0.1, 0.15) is 23.8 Å². The lowest BCUT2D eigenvalue weighted by molar-refractivity contribution is 0.463. The minimum Gasteiger partial charge on any atom is -0.467 e. The summed E-state index contributed by atoms with van der Waals surface area (Å²) in [6.45, 7) is 0. The van der Waals surface area contributed by atoms with Crippen molar-refractivity contribution in [2.45, 2.75) is 12.5 Å². The molecule has 1 aliphatic heterocycles. The molecule has 7 heteroatoms. The van der Waals surface area contributed by atoms with Crippen molar-refractivity contribution in [2.24, 2.45) is 5.10 Å². The Kier molecular flexibility index (Phi) is 3.96. The summed E-state index contributed by atoms with van der Waals surface area (Å²) < 4.78 is 5.59. The van der Waals surface area contributed by atoms with Gasteiger partial charge in [0.15, 0.2) is 11.0 Å². The molecule has 0 fully saturated rings. The zero-order chi connectivity index (χ0) is 16.5. The average molecular weight is 359 g/mol. The number of hydrogen-bond donors (Lipinski definition) is 0. The lowest BCUT2D eigenvalue weighted by Crippen LogP contribution is -2.19. The van der Waals surface area contributed by atoms with E-state index in [1.165, 1.54) is 0 Å². The molecule has 3 aromatic rings. The fraction of sp³-hybridized carbons (Fsp3) is 0.118. The van der Waals surface area contributed by atoms with Gasteiger partial charge in [0.1, 0.15) is 11.8 Å². The highest BCUT2D eigenvalue weighted by molar-refractivity contribution is 6.30. The molecule has 1 aliphatic rings. The minimum absolute atomic E-state index is 0.0823. The van der Waals surface area contributed by atoms with Crippen molar-refractivity contribution in [1.82, 2.24) is 10.2 Å². The largest absolute Gasteiger partial charge is 0.467 e. The summed E-state index contributed by atoms with van der Waals surface area (Å²) in [6.07, 6.45) is 2.35. The number of benzene rings is 1.